The van der Waals surface area contributed by atoms with Crippen LogP contribution in [-0.4, -0.2) is 23.9 Å². The van der Waals surface area contributed by atoms with Gasteiger partial charge in [0.1, 0.15) is 5.82 Å². The number of piperidine rings is 1. The standard InChI is InChI=1S/C23H23FN2O/c24-20-12-10-17(11-13-20)15-26-14-4-7-19(16-26)23(27)25-22-9-3-6-18-5-1-2-8-21(18)22/h1-3,5-6,8-13,19H,4,7,14-16H2,(H,25,27). The third-order valence-corrected chi connectivity index (χ3v) is 5.24. The molecular formula is C23H23FN2O. The number of benzene rings is 3. The summed E-state index contributed by atoms with van der Waals surface area (Å²) in [5, 5.41) is 5.32. The molecule has 1 aliphatic heterocycles. The number of carbonyl (C=O) groups excluding carboxylic acids is 1. The minimum Gasteiger partial charge on any atom is -0.325 e. The topological polar surface area (TPSA) is 32.3 Å². The van der Waals surface area contributed by atoms with Crippen LogP contribution in [0.5, 0.6) is 0 Å². The van der Waals surface area contributed by atoms with Gasteiger partial charge in [0.15, 0.2) is 0 Å². The molecule has 138 valence electrons. The van der Waals surface area contributed by atoms with Gasteiger partial charge in [-0.15, -0.1) is 0 Å². The van der Waals surface area contributed by atoms with Crippen molar-refractivity contribution in [2.24, 2.45) is 5.92 Å². The number of likely N-dealkylation sites (tertiary alicyclic amines) is 1. The Morgan fingerprint density at radius 1 is 1.04 bits per heavy atom. The number of carbonyl (C=O) groups is 1. The Morgan fingerprint density at radius 3 is 2.67 bits per heavy atom. The van der Waals surface area contributed by atoms with E-state index in [0.29, 0.717) is 0 Å². The Balaban J connectivity index is 1.43. The van der Waals surface area contributed by atoms with E-state index in [4.69, 9.17) is 0 Å². The van der Waals surface area contributed by atoms with Gasteiger partial charge < -0.3 is 5.32 Å². The molecular weight excluding hydrogens is 339 g/mol. The molecule has 1 unspecified atom stereocenters. The molecule has 1 saturated heterocycles. The minimum absolute atomic E-state index is 0.0295. The second-order valence-corrected chi connectivity index (χ2v) is 7.22. The summed E-state index contributed by atoms with van der Waals surface area (Å²) in [4.78, 5) is 15.1. The van der Waals surface area contributed by atoms with Gasteiger partial charge in [0.25, 0.3) is 0 Å². The van der Waals surface area contributed by atoms with Gasteiger partial charge in [0.2, 0.25) is 5.91 Å². The maximum atomic E-state index is 13.1. The van der Waals surface area contributed by atoms with Crippen molar-refractivity contribution < 1.29 is 9.18 Å². The van der Waals surface area contributed by atoms with Gasteiger partial charge in [0.05, 0.1) is 5.92 Å². The summed E-state index contributed by atoms with van der Waals surface area (Å²) in [6.07, 6.45) is 1.89. The first kappa shape index (κ1) is 17.7. The Morgan fingerprint density at radius 2 is 1.81 bits per heavy atom. The van der Waals surface area contributed by atoms with Gasteiger partial charge >= 0.3 is 0 Å². The fourth-order valence-electron chi connectivity index (χ4n) is 3.83. The second kappa shape index (κ2) is 7.89. The van der Waals surface area contributed by atoms with Crippen molar-refractivity contribution in [3.63, 3.8) is 0 Å². The SMILES string of the molecule is O=C(Nc1cccc2ccccc12)C1CCCN(Cc2ccc(F)cc2)C1. The van der Waals surface area contributed by atoms with Crippen LogP contribution in [0.1, 0.15) is 18.4 Å². The fourth-order valence-corrected chi connectivity index (χ4v) is 3.83. The van der Waals surface area contributed by atoms with E-state index in [9.17, 15) is 9.18 Å². The molecule has 3 nitrogen and oxygen atoms in total. The molecule has 1 aliphatic rings. The number of hydrogen-bond acceptors (Lipinski definition) is 2. The molecule has 1 heterocycles. The lowest BCUT2D eigenvalue weighted by Crippen LogP contribution is -2.40. The smallest absolute Gasteiger partial charge is 0.228 e. The molecule has 27 heavy (non-hydrogen) atoms. The zero-order chi connectivity index (χ0) is 18.6. The average Bonchev–Trinajstić information content (AvgIpc) is 2.70. The van der Waals surface area contributed by atoms with Crippen LogP contribution in [0.4, 0.5) is 10.1 Å². The first-order chi connectivity index (χ1) is 13.2. The summed E-state index contributed by atoms with van der Waals surface area (Å²) in [5.74, 6) is -0.168. The Kier molecular flexibility index (Phi) is 5.16. The van der Waals surface area contributed by atoms with Gasteiger partial charge in [0, 0.05) is 24.2 Å². The van der Waals surface area contributed by atoms with Gasteiger partial charge in [-0.25, -0.2) is 4.39 Å². The van der Waals surface area contributed by atoms with E-state index in [0.717, 1.165) is 54.5 Å². The molecule has 0 bridgehead atoms. The summed E-state index contributed by atoms with van der Waals surface area (Å²) in [6, 6.07) is 20.7. The van der Waals surface area contributed by atoms with Crippen molar-refractivity contribution in [2.75, 3.05) is 18.4 Å². The number of anilines is 1. The Bertz CT molecular complexity index is 933. The highest BCUT2D eigenvalue weighted by Crippen LogP contribution is 2.25. The molecule has 0 aliphatic carbocycles. The average molecular weight is 362 g/mol. The van der Waals surface area contributed by atoms with Crippen molar-refractivity contribution >= 4 is 22.4 Å². The van der Waals surface area contributed by atoms with E-state index >= 15 is 0 Å². The highest BCUT2D eigenvalue weighted by molar-refractivity contribution is 6.02. The van der Waals surface area contributed by atoms with Crippen LogP contribution < -0.4 is 5.32 Å². The zero-order valence-electron chi connectivity index (χ0n) is 15.2. The van der Waals surface area contributed by atoms with Crippen LogP contribution >= 0.6 is 0 Å². The van der Waals surface area contributed by atoms with Crippen LogP contribution in [0.15, 0.2) is 66.7 Å². The summed E-state index contributed by atoms with van der Waals surface area (Å²) < 4.78 is 13.1. The fraction of sp³-hybridized carbons (Fsp3) is 0.261. The summed E-state index contributed by atoms with van der Waals surface area (Å²) in [6.45, 7) is 2.45. The van der Waals surface area contributed by atoms with Gasteiger partial charge in [-0.2, -0.15) is 0 Å². The molecule has 0 saturated carbocycles. The molecule has 1 amide bonds. The zero-order valence-corrected chi connectivity index (χ0v) is 15.2. The third kappa shape index (κ3) is 4.17. The molecule has 3 aromatic rings. The Hall–Kier alpha value is -2.72. The molecule has 0 spiro atoms. The normalized spacial score (nSPS) is 17.7. The van der Waals surface area contributed by atoms with Gasteiger partial charge in [-0.05, 0) is 48.5 Å². The van der Waals surface area contributed by atoms with Crippen molar-refractivity contribution in [2.45, 2.75) is 19.4 Å². The summed E-state index contributed by atoms with van der Waals surface area (Å²) in [7, 11) is 0. The number of nitrogens with one attached hydrogen (secondary N) is 1. The van der Waals surface area contributed by atoms with E-state index in [-0.39, 0.29) is 17.6 Å². The number of halogens is 1. The van der Waals surface area contributed by atoms with E-state index in [1.807, 2.05) is 42.5 Å². The largest absolute Gasteiger partial charge is 0.325 e. The lowest BCUT2D eigenvalue weighted by atomic mass is 9.96. The van der Waals surface area contributed by atoms with Gasteiger partial charge in [-0.3, -0.25) is 9.69 Å². The maximum absolute atomic E-state index is 13.1. The number of nitrogens with zero attached hydrogens (tertiary/aromatic N) is 1. The Labute approximate surface area is 158 Å². The first-order valence-corrected chi connectivity index (χ1v) is 9.44. The van der Waals surface area contributed by atoms with Gasteiger partial charge in [-0.1, -0.05) is 48.5 Å². The molecule has 4 heteroatoms. The van der Waals surface area contributed by atoms with Crippen LogP contribution in [-0.2, 0) is 11.3 Å². The number of amides is 1. The van der Waals surface area contributed by atoms with Crippen LogP contribution in [0.2, 0.25) is 0 Å². The minimum atomic E-state index is -0.218. The highest BCUT2D eigenvalue weighted by atomic mass is 19.1. The van der Waals surface area contributed by atoms with Crippen LogP contribution in [0.25, 0.3) is 10.8 Å². The molecule has 1 atom stereocenters. The monoisotopic (exact) mass is 362 g/mol. The number of hydrogen-bond donors (Lipinski definition) is 1. The third-order valence-electron chi connectivity index (χ3n) is 5.24. The van der Waals surface area contributed by atoms with Crippen LogP contribution in [0.3, 0.4) is 0 Å². The van der Waals surface area contributed by atoms with Crippen molar-refractivity contribution in [1.82, 2.24) is 4.90 Å². The number of fused-ring (bicyclic) bond motifs is 1. The van der Waals surface area contributed by atoms with E-state index in [1.165, 1.54) is 12.1 Å². The van der Waals surface area contributed by atoms with Crippen molar-refractivity contribution in [1.29, 1.82) is 0 Å². The summed E-state index contributed by atoms with van der Waals surface area (Å²) in [5.41, 5.74) is 1.94. The lowest BCUT2D eigenvalue weighted by molar-refractivity contribution is -0.121. The second-order valence-electron chi connectivity index (χ2n) is 7.22. The molecule has 1 N–H and O–H groups in total. The predicted octanol–water partition coefficient (Wildman–Crippen LogP) is 4.83. The molecule has 0 aromatic heterocycles. The summed E-state index contributed by atoms with van der Waals surface area (Å²) >= 11 is 0. The molecule has 4 rings (SSSR count). The quantitative estimate of drug-likeness (QED) is 0.721. The molecule has 1 fully saturated rings. The molecule has 0 radical (unpaired) electrons. The van der Waals surface area contributed by atoms with E-state index in [2.05, 4.69) is 22.3 Å². The van der Waals surface area contributed by atoms with Crippen LogP contribution in [0, 0.1) is 11.7 Å². The van der Waals surface area contributed by atoms with E-state index < -0.39 is 0 Å². The first-order valence-electron chi connectivity index (χ1n) is 9.44. The molecule has 3 aromatic carbocycles. The van der Waals surface area contributed by atoms with Crippen molar-refractivity contribution in [3.05, 3.63) is 78.1 Å². The maximum Gasteiger partial charge on any atom is 0.228 e. The highest BCUT2D eigenvalue weighted by Gasteiger charge is 2.26. The lowest BCUT2D eigenvalue weighted by Gasteiger charge is -2.32. The van der Waals surface area contributed by atoms with Crippen molar-refractivity contribution in [3.8, 4) is 0 Å². The van der Waals surface area contributed by atoms with E-state index in [1.54, 1.807) is 0 Å². The predicted molar refractivity (Wildman–Crippen MR) is 107 cm³/mol. The number of rotatable bonds is 4.